The highest BCUT2D eigenvalue weighted by molar-refractivity contribution is 7.15. The summed E-state index contributed by atoms with van der Waals surface area (Å²) in [6.07, 6.45) is 1.58. The Morgan fingerprint density at radius 2 is 2.00 bits per heavy atom. The fourth-order valence-electron chi connectivity index (χ4n) is 2.33. The number of ether oxygens (including phenoxy) is 1. The predicted octanol–water partition coefficient (Wildman–Crippen LogP) is 5.29. The van der Waals surface area contributed by atoms with Crippen LogP contribution in [0.15, 0.2) is 42.9 Å². The Kier molecular flexibility index (Phi) is 5.41. The summed E-state index contributed by atoms with van der Waals surface area (Å²) in [6.45, 7) is 1.90. The van der Waals surface area contributed by atoms with Crippen LogP contribution in [0, 0.1) is 6.92 Å². The van der Waals surface area contributed by atoms with E-state index in [0.29, 0.717) is 5.69 Å². The number of alkyl halides is 3. The first-order valence-corrected chi connectivity index (χ1v) is 8.61. The summed E-state index contributed by atoms with van der Waals surface area (Å²) in [5.74, 6) is -0.116. The molecule has 0 radical (unpaired) electrons. The lowest BCUT2D eigenvalue weighted by atomic mass is 10.1. The number of rotatable bonds is 5. The van der Waals surface area contributed by atoms with E-state index in [0.717, 1.165) is 33.3 Å². The van der Waals surface area contributed by atoms with Crippen LogP contribution in [0.5, 0.6) is 0 Å². The molecule has 2 aromatic heterocycles. The number of nitrogens with one attached hydrogen (secondary N) is 1. The molecule has 0 aliphatic heterocycles. The summed E-state index contributed by atoms with van der Waals surface area (Å²) in [5, 5.41) is 3.62. The molecule has 0 saturated carbocycles. The molecule has 9 heteroatoms. The molecule has 0 aliphatic rings. The molecule has 2 heterocycles. The first-order chi connectivity index (χ1) is 12.8. The lowest BCUT2D eigenvalue weighted by Gasteiger charge is -2.10. The van der Waals surface area contributed by atoms with Gasteiger partial charge in [0.15, 0.2) is 0 Å². The van der Waals surface area contributed by atoms with Crippen LogP contribution in [0.3, 0.4) is 0 Å². The minimum Gasteiger partial charge on any atom is -0.504 e. The molecule has 27 heavy (non-hydrogen) atoms. The molecule has 1 aromatic carbocycles. The maximum atomic E-state index is 12.8. The Hall–Kier alpha value is -2.94. The Morgan fingerprint density at radius 1 is 1.19 bits per heavy atom. The van der Waals surface area contributed by atoms with Crippen LogP contribution in [-0.2, 0) is 10.9 Å². The van der Waals surface area contributed by atoms with Crippen molar-refractivity contribution in [2.24, 2.45) is 0 Å². The van der Waals surface area contributed by atoms with E-state index in [1.165, 1.54) is 17.6 Å². The molecule has 0 saturated heterocycles. The van der Waals surface area contributed by atoms with E-state index in [4.69, 9.17) is 4.74 Å². The van der Waals surface area contributed by atoms with Crippen LogP contribution in [0.2, 0.25) is 0 Å². The monoisotopic (exact) mass is 392 g/mol. The Balaban J connectivity index is 1.88. The van der Waals surface area contributed by atoms with Gasteiger partial charge >= 0.3 is 6.18 Å². The van der Waals surface area contributed by atoms with Crippen molar-refractivity contribution in [3.05, 3.63) is 59.2 Å². The second-order valence-corrected chi connectivity index (χ2v) is 6.64. The SMILES string of the molecule is COC=Cc1ncc(-c2cc(C)cc(Nc3nccc(C(F)(F)F)n3)c2)s1. The molecule has 0 aliphatic carbocycles. The van der Waals surface area contributed by atoms with Gasteiger partial charge in [-0.2, -0.15) is 13.2 Å². The molecule has 140 valence electrons. The minimum atomic E-state index is -4.52. The predicted molar refractivity (Wildman–Crippen MR) is 98.6 cm³/mol. The topological polar surface area (TPSA) is 59.9 Å². The van der Waals surface area contributed by atoms with Crippen molar-refractivity contribution in [3.8, 4) is 10.4 Å². The highest BCUT2D eigenvalue weighted by atomic mass is 32.1. The first kappa shape index (κ1) is 18.8. The normalized spacial score (nSPS) is 11.7. The Bertz CT molecular complexity index is 969. The highest BCUT2D eigenvalue weighted by Crippen LogP contribution is 2.31. The third-order valence-corrected chi connectivity index (χ3v) is 4.45. The van der Waals surface area contributed by atoms with E-state index in [9.17, 15) is 13.2 Å². The summed E-state index contributed by atoms with van der Waals surface area (Å²) in [6, 6.07) is 6.42. The van der Waals surface area contributed by atoms with Gasteiger partial charge in [-0.25, -0.2) is 15.0 Å². The van der Waals surface area contributed by atoms with Gasteiger partial charge in [-0.1, -0.05) is 6.07 Å². The standard InChI is InChI=1S/C18H15F3N4OS/c1-11-7-12(14-10-23-16(27-14)4-6-26-2)9-13(8-11)24-17-22-5-3-15(25-17)18(19,20)21/h3-10H,1-2H3,(H,22,24,25). The number of anilines is 2. The van der Waals surface area contributed by atoms with Crippen LogP contribution >= 0.6 is 11.3 Å². The van der Waals surface area contributed by atoms with Gasteiger partial charge in [0.1, 0.15) is 10.7 Å². The van der Waals surface area contributed by atoms with E-state index in [1.54, 1.807) is 25.4 Å². The van der Waals surface area contributed by atoms with Gasteiger partial charge in [0, 0.05) is 24.2 Å². The van der Waals surface area contributed by atoms with Gasteiger partial charge in [0.05, 0.1) is 18.2 Å². The van der Waals surface area contributed by atoms with Gasteiger partial charge in [-0.05, 0) is 36.2 Å². The molecule has 3 aromatic rings. The second kappa shape index (κ2) is 7.75. The maximum absolute atomic E-state index is 12.8. The number of halogens is 3. The molecule has 0 spiro atoms. The third kappa shape index (κ3) is 4.82. The summed E-state index contributed by atoms with van der Waals surface area (Å²) in [5.41, 5.74) is 1.42. The number of aromatic nitrogens is 3. The number of hydrogen-bond donors (Lipinski definition) is 1. The van der Waals surface area contributed by atoms with Crippen molar-refractivity contribution < 1.29 is 17.9 Å². The number of nitrogens with zero attached hydrogens (tertiary/aromatic N) is 3. The molecule has 0 atom stereocenters. The summed E-state index contributed by atoms with van der Waals surface area (Å²) < 4.78 is 43.3. The van der Waals surface area contributed by atoms with Crippen LogP contribution in [0.1, 0.15) is 16.3 Å². The van der Waals surface area contributed by atoms with Crippen molar-refractivity contribution in [3.63, 3.8) is 0 Å². The average molecular weight is 392 g/mol. The summed E-state index contributed by atoms with van der Waals surface area (Å²) in [4.78, 5) is 12.6. The Labute approximate surface area is 157 Å². The van der Waals surface area contributed by atoms with Gasteiger partial charge in [-0.3, -0.25) is 0 Å². The number of methoxy groups -OCH3 is 1. The van der Waals surface area contributed by atoms with Gasteiger partial charge in [0.2, 0.25) is 5.95 Å². The van der Waals surface area contributed by atoms with Crippen LogP contribution in [0.25, 0.3) is 16.5 Å². The van der Waals surface area contributed by atoms with Crippen molar-refractivity contribution in [2.45, 2.75) is 13.1 Å². The molecule has 0 bridgehead atoms. The molecule has 3 rings (SSSR count). The molecule has 0 fully saturated rings. The van der Waals surface area contributed by atoms with E-state index < -0.39 is 11.9 Å². The summed E-state index contributed by atoms with van der Waals surface area (Å²) in [7, 11) is 1.55. The zero-order valence-electron chi connectivity index (χ0n) is 14.4. The average Bonchev–Trinajstić information content (AvgIpc) is 3.08. The molecule has 0 unspecified atom stereocenters. The van der Waals surface area contributed by atoms with Crippen LogP contribution in [0.4, 0.5) is 24.8 Å². The number of hydrogen-bond acceptors (Lipinski definition) is 6. The van der Waals surface area contributed by atoms with Gasteiger partial charge in [0.25, 0.3) is 0 Å². The molecule has 5 nitrogen and oxygen atoms in total. The van der Waals surface area contributed by atoms with Crippen molar-refractivity contribution in [1.82, 2.24) is 15.0 Å². The number of benzene rings is 1. The van der Waals surface area contributed by atoms with Gasteiger partial charge < -0.3 is 10.1 Å². The van der Waals surface area contributed by atoms with E-state index >= 15 is 0 Å². The number of aryl methyl sites for hydroxylation is 1. The van der Waals surface area contributed by atoms with Crippen LogP contribution in [-0.4, -0.2) is 22.1 Å². The molecule has 1 N–H and O–H groups in total. The van der Waals surface area contributed by atoms with E-state index in [1.807, 2.05) is 19.1 Å². The quantitative estimate of drug-likeness (QED) is 0.598. The lowest BCUT2D eigenvalue weighted by Crippen LogP contribution is -2.10. The van der Waals surface area contributed by atoms with Crippen LogP contribution < -0.4 is 5.32 Å². The molecule has 0 amide bonds. The highest BCUT2D eigenvalue weighted by Gasteiger charge is 2.32. The first-order valence-electron chi connectivity index (χ1n) is 7.79. The van der Waals surface area contributed by atoms with E-state index in [2.05, 4.69) is 20.3 Å². The fourth-order valence-corrected chi connectivity index (χ4v) is 3.12. The third-order valence-electron chi connectivity index (χ3n) is 3.43. The molecular formula is C18H15F3N4OS. The number of thiazole rings is 1. The Morgan fingerprint density at radius 3 is 2.74 bits per heavy atom. The van der Waals surface area contributed by atoms with Crippen molar-refractivity contribution in [1.29, 1.82) is 0 Å². The van der Waals surface area contributed by atoms with Crippen molar-refractivity contribution >= 4 is 29.0 Å². The van der Waals surface area contributed by atoms with Crippen molar-refractivity contribution in [2.75, 3.05) is 12.4 Å². The van der Waals surface area contributed by atoms with E-state index in [-0.39, 0.29) is 5.95 Å². The molecular weight excluding hydrogens is 377 g/mol. The smallest absolute Gasteiger partial charge is 0.433 e. The second-order valence-electron chi connectivity index (χ2n) is 5.58. The maximum Gasteiger partial charge on any atom is 0.433 e. The zero-order chi connectivity index (χ0) is 19.4. The minimum absolute atomic E-state index is 0.116. The fraction of sp³-hybridized carbons (Fsp3) is 0.167. The summed E-state index contributed by atoms with van der Waals surface area (Å²) >= 11 is 1.47. The largest absolute Gasteiger partial charge is 0.504 e. The van der Waals surface area contributed by atoms with Gasteiger partial charge in [-0.15, -0.1) is 11.3 Å². The zero-order valence-corrected chi connectivity index (χ0v) is 15.2. The lowest BCUT2D eigenvalue weighted by molar-refractivity contribution is -0.141.